The third-order valence-corrected chi connectivity index (χ3v) is 5.21. The van der Waals surface area contributed by atoms with Crippen molar-refractivity contribution < 1.29 is 8.42 Å². The summed E-state index contributed by atoms with van der Waals surface area (Å²) in [5.74, 6) is 0. The molecule has 0 spiro atoms. The van der Waals surface area contributed by atoms with Crippen LogP contribution < -0.4 is 16.0 Å². The van der Waals surface area contributed by atoms with Crippen LogP contribution in [-0.2, 0) is 24.1 Å². The summed E-state index contributed by atoms with van der Waals surface area (Å²) >= 11 is 0. The summed E-state index contributed by atoms with van der Waals surface area (Å²) in [5, 5.41) is 0. The van der Waals surface area contributed by atoms with Crippen molar-refractivity contribution in [3.8, 4) is 0 Å². The third-order valence-electron chi connectivity index (χ3n) is 3.75. The number of benzene rings is 1. The van der Waals surface area contributed by atoms with E-state index in [0.29, 0.717) is 6.54 Å². The molecular weight excluding hydrogens is 344 g/mol. The number of hydrogen-bond acceptors (Lipinski definition) is 5. The van der Waals surface area contributed by atoms with Gasteiger partial charge in [-0.25, -0.2) is 17.9 Å². The van der Waals surface area contributed by atoms with Gasteiger partial charge in [0, 0.05) is 26.8 Å². The number of nitrogens with one attached hydrogen (secondary N) is 1. The molecule has 0 saturated heterocycles. The van der Waals surface area contributed by atoms with Crippen molar-refractivity contribution >= 4 is 10.0 Å². The summed E-state index contributed by atoms with van der Waals surface area (Å²) in [7, 11) is 2.19. The van der Waals surface area contributed by atoms with Crippen molar-refractivity contribution in [1.82, 2.24) is 18.8 Å². The van der Waals surface area contributed by atoms with Crippen LogP contribution in [0.3, 0.4) is 0 Å². The maximum atomic E-state index is 12.8. The Kier molecular flexibility index (Phi) is 5.61. The van der Waals surface area contributed by atoms with Crippen LogP contribution in [0.4, 0.5) is 0 Å². The zero-order valence-corrected chi connectivity index (χ0v) is 15.4. The number of aromatic nitrogens is 2. The number of rotatable bonds is 6. The van der Waals surface area contributed by atoms with Crippen LogP contribution >= 0.6 is 0 Å². The van der Waals surface area contributed by atoms with Gasteiger partial charge >= 0.3 is 5.69 Å². The van der Waals surface area contributed by atoms with E-state index < -0.39 is 32.2 Å². The maximum Gasteiger partial charge on any atom is 0.330 e. The second-order valence-corrected chi connectivity index (χ2v) is 7.78. The summed E-state index contributed by atoms with van der Waals surface area (Å²) in [5.41, 5.74) is -0.662. The standard InChI is InChI=1S/C16H22N4O4S/c1-18(2)10-13(12-8-6-5-7-9-12)17-25(23,24)14-11-19(3)16(22)20(4)15(14)21/h5-9,11,13,17H,10H2,1-4H3. The highest BCUT2D eigenvalue weighted by atomic mass is 32.2. The minimum Gasteiger partial charge on any atom is -0.307 e. The lowest BCUT2D eigenvalue weighted by atomic mass is 10.1. The molecule has 1 atom stereocenters. The van der Waals surface area contributed by atoms with Crippen molar-refractivity contribution in [2.45, 2.75) is 10.9 Å². The maximum absolute atomic E-state index is 12.8. The van der Waals surface area contributed by atoms with E-state index in [1.807, 2.05) is 49.3 Å². The van der Waals surface area contributed by atoms with Gasteiger partial charge in [0.2, 0.25) is 10.0 Å². The highest BCUT2D eigenvalue weighted by Crippen LogP contribution is 2.16. The zero-order valence-electron chi connectivity index (χ0n) is 14.6. The van der Waals surface area contributed by atoms with E-state index in [-0.39, 0.29) is 0 Å². The fraction of sp³-hybridized carbons (Fsp3) is 0.375. The Morgan fingerprint density at radius 3 is 2.28 bits per heavy atom. The molecule has 0 bridgehead atoms. The van der Waals surface area contributed by atoms with Crippen LogP contribution in [0.25, 0.3) is 0 Å². The molecule has 1 N–H and O–H groups in total. The van der Waals surface area contributed by atoms with Crippen LogP contribution in [-0.4, -0.2) is 43.1 Å². The van der Waals surface area contributed by atoms with Gasteiger partial charge in [0.15, 0.2) is 4.90 Å². The highest BCUT2D eigenvalue weighted by molar-refractivity contribution is 7.89. The van der Waals surface area contributed by atoms with Gasteiger partial charge in [0.05, 0.1) is 6.04 Å². The monoisotopic (exact) mass is 366 g/mol. The molecule has 0 aliphatic rings. The summed E-state index contributed by atoms with van der Waals surface area (Å²) in [4.78, 5) is 25.4. The van der Waals surface area contributed by atoms with E-state index in [1.54, 1.807) is 0 Å². The average Bonchev–Trinajstić information content (AvgIpc) is 2.55. The molecule has 0 fully saturated rings. The normalized spacial score (nSPS) is 13.2. The van der Waals surface area contributed by atoms with Gasteiger partial charge in [-0.3, -0.25) is 9.36 Å². The minimum atomic E-state index is -4.12. The largest absolute Gasteiger partial charge is 0.330 e. The summed E-state index contributed by atoms with van der Waals surface area (Å²) < 4.78 is 30.0. The Morgan fingerprint density at radius 1 is 1.12 bits per heavy atom. The van der Waals surface area contributed by atoms with Crippen LogP contribution in [0.2, 0.25) is 0 Å². The van der Waals surface area contributed by atoms with Crippen LogP contribution in [0.15, 0.2) is 51.0 Å². The molecule has 2 rings (SSSR count). The van der Waals surface area contributed by atoms with Gasteiger partial charge in [0.25, 0.3) is 5.56 Å². The molecule has 9 heteroatoms. The number of likely N-dealkylation sites (N-methyl/N-ethyl adjacent to an activating group) is 1. The summed E-state index contributed by atoms with van der Waals surface area (Å²) in [6.45, 7) is 0.412. The van der Waals surface area contributed by atoms with Gasteiger partial charge in [-0.1, -0.05) is 30.3 Å². The van der Waals surface area contributed by atoms with E-state index in [4.69, 9.17) is 0 Å². The van der Waals surface area contributed by atoms with E-state index in [2.05, 4.69) is 4.72 Å². The van der Waals surface area contributed by atoms with Crippen LogP contribution in [0.5, 0.6) is 0 Å². The molecule has 0 radical (unpaired) electrons. The van der Waals surface area contributed by atoms with Crippen molar-refractivity contribution in [2.24, 2.45) is 14.1 Å². The molecule has 1 heterocycles. The first-order valence-electron chi connectivity index (χ1n) is 7.62. The molecule has 0 amide bonds. The smallest absolute Gasteiger partial charge is 0.307 e. The zero-order chi connectivity index (χ0) is 18.8. The second kappa shape index (κ2) is 7.34. The fourth-order valence-corrected chi connectivity index (χ4v) is 3.85. The van der Waals surface area contributed by atoms with Gasteiger partial charge in [-0.05, 0) is 19.7 Å². The Balaban J connectivity index is 2.49. The van der Waals surface area contributed by atoms with Gasteiger partial charge in [0.1, 0.15) is 0 Å². The first-order valence-corrected chi connectivity index (χ1v) is 9.10. The van der Waals surface area contributed by atoms with E-state index in [0.717, 1.165) is 20.9 Å². The minimum absolute atomic E-state index is 0.412. The number of aryl methyl sites for hydroxylation is 1. The molecule has 2 aromatic rings. The average molecular weight is 366 g/mol. The molecule has 8 nitrogen and oxygen atoms in total. The Morgan fingerprint density at radius 2 is 1.72 bits per heavy atom. The van der Waals surface area contributed by atoms with Crippen molar-refractivity contribution in [3.63, 3.8) is 0 Å². The van der Waals surface area contributed by atoms with Crippen LogP contribution in [0, 0.1) is 0 Å². The molecule has 136 valence electrons. The number of sulfonamides is 1. The van der Waals surface area contributed by atoms with Crippen molar-refractivity contribution in [1.29, 1.82) is 0 Å². The second-order valence-electron chi connectivity index (χ2n) is 6.10. The van der Waals surface area contributed by atoms with Crippen molar-refractivity contribution in [3.05, 3.63) is 62.9 Å². The van der Waals surface area contributed by atoms with Gasteiger partial charge < -0.3 is 9.47 Å². The quantitative estimate of drug-likeness (QED) is 0.755. The molecule has 1 unspecified atom stereocenters. The SMILES string of the molecule is CN(C)CC(NS(=O)(=O)c1cn(C)c(=O)n(C)c1=O)c1ccccc1. The van der Waals surface area contributed by atoms with E-state index >= 15 is 0 Å². The van der Waals surface area contributed by atoms with E-state index in [1.165, 1.54) is 14.1 Å². The summed E-state index contributed by atoms with van der Waals surface area (Å²) in [6, 6.07) is 8.57. The third kappa shape index (κ3) is 4.25. The molecule has 0 aliphatic heterocycles. The lowest BCUT2D eigenvalue weighted by Gasteiger charge is -2.22. The Labute approximate surface area is 146 Å². The predicted octanol–water partition coefficient (Wildman–Crippen LogP) is -0.335. The molecule has 0 saturated carbocycles. The first kappa shape index (κ1) is 19.1. The first-order chi connectivity index (χ1) is 11.6. The molecule has 1 aromatic heterocycles. The molecule has 0 aliphatic carbocycles. The summed E-state index contributed by atoms with van der Waals surface area (Å²) in [6.07, 6.45) is 1.05. The topological polar surface area (TPSA) is 93.4 Å². The molecule has 1 aromatic carbocycles. The number of hydrogen-bond donors (Lipinski definition) is 1. The number of nitrogens with zero attached hydrogens (tertiary/aromatic N) is 3. The molecular formula is C16H22N4O4S. The molecule has 25 heavy (non-hydrogen) atoms. The van der Waals surface area contributed by atoms with Crippen molar-refractivity contribution in [2.75, 3.05) is 20.6 Å². The lowest BCUT2D eigenvalue weighted by molar-refractivity contribution is 0.363. The Bertz CT molecular complexity index is 962. The van der Waals surface area contributed by atoms with E-state index in [9.17, 15) is 18.0 Å². The fourth-order valence-electron chi connectivity index (χ4n) is 2.47. The Hall–Kier alpha value is -2.23. The highest BCUT2D eigenvalue weighted by Gasteiger charge is 2.26. The van der Waals surface area contributed by atoms with Crippen LogP contribution in [0.1, 0.15) is 11.6 Å². The van der Waals surface area contributed by atoms with Gasteiger partial charge in [-0.15, -0.1) is 0 Å². The lowest BCUT2D eigenvalue weighted by Crippen LogP contribution is -2.43. The van der Waals surface area contributed by atoms with Gasteiger partial charge in [-0.2, -0.15) is 0 Å². The predicted molar refractivity (Wildman–Crippen MR) is 95.0 cm³/mol.